The van der Waals surface area contributed by atoms with E-state index in [0.717, 1.165) is 6.54 Å². The highest BCUT2D eigenvalue weighted by atomic mass is 127. The Bertz CT molecular complexity index is 265. The van der Waals surface area contributed by atoms with Crippen molar-refractivity contribution in [2.75, 3.05) is 6.61 Å². The van der Waals surface area contributed by atoms with Crippen LogP contribution in [-0.2, 0) is 6.54 Å². The number of rotatable bonds is 4. The molecule has 0 aliphatic rings. The Morgan fingerprint density at radius 3 is 2.77 bits per heavy atom. The number of benzene rings is 1. The molecule has 1 rings (SSSR count). The number of aliphatic hydroxyl groups is 1. The van der Waals surface area contributed by atoms with Crippen molar-refractivity contribution in [2.45, 2.75) is 19.5 Å². The summed E-state index contributed by atoms with van der Waals surface area (Å²) in [7, 11) is 0. The van der Waals surface area contributed by atoms with Crippen LogP contribution in [0.25, 0.3) is 0 Å². The van der Waals surface area contributed by atoms with Gasteiger partial charge >= 0.3 is 0 Å². The van der Waals surface area contributed by atoms with E-state index in [-0.39, 0.29) is 12.6 Å². The molecule has 1 unspecified atom stereocenters. The molecule has 0 bridgehead atoms. The second-order valence-electron chi connectivity index (χ2n) is 3.06. The summed E-state index contributed by atoms with van der Waals surface area (Å²) in [4.78, 5) is 0. The third-order valence-electron chi connectivity index (χ3n) is 1.87. The highest BCUT2D eigenvalue weighted by Gasteiger charge is 2.01. The van der Waals surface area contributed by atoms with Gasteiger partial charge in [0, 0.05) is 16.2 Å². The first kappa shape index (κ1) is 10.9. The molecule has 0 aliphatic carbocycles. The topological polar surface area (TPSA) is 32.3 Å². The van der Waals surface area contributed by atoms with Crippen molar-refractivity contribution < 1.29 is 5.11 Å². The molecule has 1 aromatic carbocycles. The van der Waals surface area contributed by atoms with Crippen LogP contribution in [0.5, 0.6) is 0 Å². The third-order valence-corrected chi connectivity index (χ3v) is 2.93. The minimum Gasteiger partial charge on any atom is -0.395 e. The van der Waals surface area contributed by atoms with E-state index in [2.05, 4.69) is 40.0 Å². The average molecular weight is 291 g/mol. The van der Waals surface area contributed by atoms with Gasteiger partial charge < -0.3 is 10.4 Å². The fourth-order valence-electron chi connectivity index (χ4n) is 0.990. The van der Waals surface area contributed by atoms with Gasteiger partial charge in [-0.05, 0) is 41.1 Å². The van der Waals surface area contributed by atoms with Gasteiger partial charge in [0.05, 0.1) is 6.61 Å². The second kappa shape index (κ2) is 5.57. The van der Waals surface area contributed by atoms with Crippen LogP contribution in [0.4, 0.5) is 0 Å². The van der Waals surface area contributed by atoms with E-state index in [4.69, 9.17) is 5.11 Å². The highest BCUT2D eigenvalue weighted by molar-refractivity contribution is 14.1. The van der Waals surface area contributed by atoms with Gasteiger partial charge in [-0.3, -0.25) is 0 Å². The number of halogens is 1. The fourth-order valence-corrected chi connectivity index (χ4v) is 1.57. The zero-order valence-electron chi connectivity index (χ0n) is 7.63. The van der Waals surface area contributed by atoms with Crippen LogP contribution in [0.3, 0.4) is 0 Å². The smallest absolute Gasteiger partial charge is 0.0582 e. The molecule has 0 heterocycles. The molecule has 0 aliphatic heterocycles. The number of hydrogen-bond acceptors (Lipinski definition) is 2. The van der Waals surface area contributed by atoms with Gasteiger partial charge in [-0.2, -0.15) is 0 Å². The van der Waals surface area contributed by atoms with Crippen LogP contribution in [0, 0.1) is 3.57 Å². The molecule has 0 saturated heterocycles. The zero-order valence-corrected chi connectivity index (χ0v) is 9.78. The summed E-state index contributed by atoms with van der Waals surface area (Å²) in [6.07, 6.45) is 0. The molecule has 2 nitrogen and oxygen atoms in total. The van der Waals surface area contributed by atoms with Crippen LogP contribution in [0.1, 0.15) is 12.5 Å². The largest absolute Gasteiger partial charge is 0.395 e. The lowest BCUT2D eigenvalue weighted by molar-refractivity contribution is 0.251. The Balaban J connectivity index is 2.50. The van der Waals surface area contributed by atoms with Gasteiger partial charge in [0.25, 0.3) is 0 Å². The summed E-state index contributed by atoms with van der Waals surface area (Å²) >= 11 is 2.32. The van der Waals surface area contributed by atoms with E-state index in [9.17, 15) is 0 Å². The molecule has 0 saturated carbocycles. The lowest BCUT2D eigenvalue weighted by atomic mass is 10.2. The van der Waals surface area contributed by atoms with E-state index in [0.29, 0.717) is 0 Å². The molecule has 0 radical (unpaired) electrons. The third kappa shape index (κ3) is 3.62. The van der Waals surface area contributed by atoms with Gasteiger partial charge in [0.15, 0.2) is 0 Å². The van der Waals surface area contributed by atoms with Gasteiger partial charge in [-0.15, -0.1) is 0 Å². The normalized spacial score (nSPS) is 12.8. The highest BCUT2D eigenvalue weighted by Crippen LogP contribution is 2.10. The summed E-state index contributed by atoms with van der Waals surface area (Å²) in [5, 5.41) is 12.1. The molecule has 72 valence electrons. The molecule has 0 fully saturated rings. The van der Waals surface area contributed by atoms with Crippen LogP contribution in [-0.4, -0.2) is 17.8 Å². The number of hydrogen-bond donors (Lipinski definition) is 2. The summed E-state index contributed by atoms with van der Waals surface area (Å²) in [5.41, 5.74) is 1.28. The average Bonchev–Trinajstić information content (AvgIpc) is 2.16. The Morgan fingerprint density at radius 1 is 1.46 bits per heavy atom. The van der Waals surface area contributed by atoms with E-state index in [1.165, 1.54) is 9.13 Å². The number of aliphatic hydroxyl groups excluding tert-OH is 1. The molecular formula is C10H14INO. The molecule has 0 aromatic heterocycles. The first-order chi connectivity index (χ1) is 6.24. The van der Waals surface area contributed by atoms with Crippen molar-refractivity contribution in [3.63, 3.8) is 0 Å². The summed E-state index contributed by atoms with van der Waals surface area (Å²) in [6, 6.07) is 8.40. The van der Waals surface area contributed by atoms with Gasteiger partial charge in [0.1, 0.15) is 0 Å². The Morgan fingerprint density at radius 2 is 2.15 bits per heavy atom. The minimum atomic E-state index is 0.163. The predicted molar refractivity (Wildman–Crippen MR) is 62.5 cm³/mol. The maximum Gasteiger partial charge on any atom is 0.0582 e. The molecule has 13 heavy (non-hydrogen) atoms. The minimum absolute atomic E-state index is 0.163. The van der Waals surface area contributed by atoms with Crippen molar-refractivity contribution in [1.82, 2.24) is 5.32 Å². The zero-order chi connectivity index (χ0) is 9.68. The van der Waals surface area contributed by atoms with Crippen LogP contribution in [0.15, 0.2) is 24.3 Å². The van der Waals surface area contributed by atoms with E-state index >= 15 is 0 Å². The van der Waals surface area contributed by atoms with E-state index in [1.54, 1.807) is 0 Å². The summed E-state index contributed by atoms with van der Waals surface area (Å²) in [6.45, 7) is 2.97. The van der Waals surface area contributed by atoms with Gasteiger partial charge in [0.2, 0.25) is 0 Å². The summed E-state index contributed by atoms with van der Waals surface area (Å²) < 4.78 is 1.26. The van der Waals surface area contributed by atoms with E-state index < -0.39 is 0 Å². The van der Waals surface area contributed by atoms with Crippen molar-refractivity contribution in [2.24, 2.45) is 0 Å². The van der Waals surface area contributed by atoms with Crippen molar-refractivity contribution in [3.05, 3.63) is 33.4 Å². The van der Waals surface area contributed by atoms with E-state index in [1.807, 2.05) is 19.1 Å². The summed E-state index contributed by atoms with van der Waals surface area (Å²) in [5.74, 6) is 0. The fraction of sp³-hybridized carbons (Fsp3) is 0.400. The SMILES string of the molecule is CC(CO)NCc1ccccc1I. The molecule has 1 atom stereocenters. The van der Waals surface area contributed by atoms with Crippen molar-refractivity contribution in [1.29, 1.82) is 0 Å². The predicted octanol–water partition coefficient (Wildman–Crippen LogP) is 1.76. The van der Waals surface area contributed by atoms with Crippen LogP contribution >= 0.6 is 22.6 Å². The van der Waals surface area contributed by atoms with Crippen LogP contribution in [0.2, 0.25) is 0 Å². The standard InChI is InChI=1S/C10H14INO/c1-8(7-13)12-6-9-4-2-3-5-10(9)11/h2-5,8,12-13H,6-7H2,1H3. The maximum atomic E-state index is 8.82. The molecule has 2 N–H and O–H groups in total. The van der Waals surface area contributed by atoms with Crippen molar-refractivity contribution in [3.8, 4) is 0 Å². The quantitative estimate of drug-likeness (QED) is 0.829. The molecular weight excluding hydrogens is 277 g/mol. The first-order valence-corrected chi connectivity index (χ1v) is 5.39. The molecule has 3 heteroatoms. The first-order valence-electron chi connectivity index (χ1n) is 4.31. The Labute approximate surface area is 92.5 Å². The number of nitrogens with one attached hydrogen (secondary N) is 1. The molecule has 1 aromatic rings. The lowest BCUT2D eigenvalue weighted by Crippen LogP contribution is -2.28. The van der Waals surface area contributed by atoms with Gasteiger partial charge in [-0.25, -0.2) is 0 Å². The molecule has 0 amide bonds. The van der Waals surface area contributed by atoms with Gasteiger partial charge in [-0.1, -0.05) is 18.2 Å². The van der Waals surface area contributed by atoms with Crippen molar-refractivity contribution >= 4 is 22.6 Å². The Kier molecular flexibility index (Phi) is 4.69. The van der Waals surface area contributed by atoms with Crippen LogP contribution < -0.4 is 5.32 Å². The maximum absolute atomic E-state index is 8.82. The Hall–Kier alpha value is -0.130. The monoisotopic (exact) mass is 291 g/mol. The lowest BCUT2D eigenvalue weighted by Gasteiger charge is -2.11. The second-order valence-corrected chi connectivity index (χ2v) is 4.22. The molecule has 0 spiro atoms.